The smallest absolute Gasteiger partial charge is 0.335 e. The van der Waals surface area contributed by atoms with Crippen LogP contribution in [0.2, 0.25) is 0 Å². The van der Waals surface area contributed by atoms with Gasteiger partial charge in [0.2, 0.25) is 0 Å². The van der Waals surface area contributed by atoms with Crippen LogP contribution < -0.4 is 15.8 Å². The van der Waals surface area contributed by atoms with Crippen molar-refractivity contribution < 1.29 is 14.6 Å². The molecule has 0 aromatic heterocycles. The normalized spacial score (nSPS) is 10.2. The summed E-state index contributed by atoms with van der Waals surface area (Å²) in [6, 6.07) is 21.4. The maximum absolute atomic E-state index is 11.1. The molecular formula is C19H16N2O3. The zero-order valence-electron chi connectivity index (χ0n) is 12.8. The summed E-state index contributed by atoms with van der Waals surface area (Å²) in [6.45, 7) is 0. The van der Waals surface area contributed by atoms with E-state index in [0.29, 0.717) is 17.1 Å². The fourth-order valence-corrected chi connectivity index (χ4v) is 2.22. The van der Waals surface area contributed by atoms with E-state index in [1.54, 1.807) is 6.07 Å². The van der Waals surface area contributed by atoms with Crippen LogP contribution in [0.1, 0.15) is 10.4 Å². The third-order valence-corrected chi connectivity index (χ3v) is 3.39. The molecule has 0 radical (unpaired) electrons. The summed E-state index contributed by atoms with van der Waals surface area (Å²) in [6.07, 6.45) is 0. The molecule has 0 spiro atoms. The highest BCUT2D eigenvalue weighted by Gasteiger charge is 2.07. The second kappa shape index (κ2) is 6.75. The van der Waals surface area contributed by atoms with E-state index in [-0.39, 0.29) is 5.56 Å². The summed E-state index contributed by atoms with van der Waals surface area (Å²) < 4.78 is 5.78. The molecule has 0 bridgehead atoms. The number of nitrogens with one attached hydrogen (secondary N) is 1. The van der Waals surface area contributed by atoms with E-state index in [1.165, 1.54) is 12.1 Å². The van der Waals surface area contributed by atoms with Gasteiger partial charge in [-0.3, -0.25) is 0 Å². The first-order valence-electron chi connectivity index (χ1n) is 7.34. The van der Waals surface area contributed by atoms with Gasteiger partial charge in [-0.25, -0.2) is 4.79 Å². The van der Waals surface area contributed by atoms with Crippen molar-refractivity contribution in [3.05, 3.63) is 78.4 Å². The second-order valence-corrected chi connectivity index (χ2v) is 5.18. The molecule has 0 aliphatic heterocycles. The minimum Gasteiger partial charge on any atom is -0.478 e. The molecule has 0 heterocycles. The van der Waals surface area contributed by atoms with Crippen LogP contribution in [0, 0.1) is 0 Å². The number of nitrogens with two attached hydrogens (primary N) is 1. The molecule has 0 aliphatic carbocycles. The summed E-state index contributed by atoms with van der Waals surface area (Å²) >= 11 is 0. The highest BCUT2D eigenvalue weighted by atomic mass is 16.5. The molecule has 0 unspecified atom stereocenters. The van der Waals surface area contributed by atoms with E-state index in [0.717, 1.165) is 11.4 Å². The van der Waals surface area contributed by atoms with Gasteiger partial charge in [-0.05, 0) is 42.5 Å². The number of anilines is 3. The first-order chi connectivity index (χ1) is 11.6. The van der Waals surface area contributed by atoms with Gasteiger partial charge >= 0.3 is 5.97 Å². The van der Waals surface area contributed by atoms with Gasteiger partial charge in [0.25, 0.3) is 0 Å². The topological polar surface area (TPSA) is 84.6 Å². The van der Waals surface area contributed by atoms with Gasteiger partial charge in [0.05, 0.1) is 16.9 Å². The fourth-order valence-electron chi connectivity index (χ4n) is 2.22. The van der Waals surface area contributed by atoms with Crippen molar-refractivity contribution >= 4 is 23.0 Å². The summed E-state index contributed by atoms with van der Waals surface area (Å²) in [5.41, 5.74) is 7.83. The number of carbonyl (C=O) groups is 1. The minimum atomic E-state index is -1.00. The quantitative estimate of drug-likeness (QED) is 0.603. The van der Waals surface area contributed by atoms with Gasteiger partial charge < -0.3 is 20.9 Å². The molecule has 4 N–H and O–H groups in total. The summed E-state index contributed by atoms with van der Waals surface area (Å²) in [7, 11) is 0. The van der Waals surface area contributed by atoms with Gasteiger partial charge in [0.1, 0.15) is 11.5 Å². The van der Waals surface area contributed by atoms with Crippen molar-refractivity contribution in [1.82, 2.24) is 0 Å². The molecule has 0 saturated heterocycles. The molecule has 5 nitrogen and oxygen atoms in total. The largest absolute Gasteiger partial charge is 0.478 e. The SMILES string of the molecule is Nc1ccc(C(=O)O)cc1Nc1cccc(Oc2ccccc2)c1. The average molecular weight is 320 g/mol. The molecule has 120 valence electrons. The van der Waals surface area contributed by atoms with Gasteiger partial charge in [0.15, 0.2) is 0 Å². The number of benzene rings is 3. The number of carboxylic acid groups (broad SMARTS) is 1. The number of ether oxygens (including phenoxy) is 1. The number of hydrogen-bond acceptors (Lipinski definition) is 4. The molecule has 0 aliphatic rings. The van der Waals surface area contributed by atoms with Gasteiger partial charge in [-0.15, -0.1) is 0 Å². The first kappa shape index (κ1) is 15.4. The van der Waals surface area contributed by atoms with E-state index >= 15 is 0 Å². The predicted octanol–water partition coefficient (Wildman–Crippen LogP) is 4.50. The van der Waals surface area contributed by atoms with Crippen LogP contribution >= 0.6 is 0 Å². The van der Waals surface area contributed by atoms with Crippen molar-refractivity contribution in [2.45, 2.75) is 0 Å². The standard InChI is InChI=1S/C19H16N2O3/c20-17-10-9-13(19(22)23)11-18(17)21-14-5-4-8-16(12-14)24-15-6-2-1-3-7-15/h1-12,21H,20H2,(H,22,23). The van der Waals surface area contributed by atoms with Crippen LogP contribution in [0.25, 0.3) is 0 Å². The predicted molar refractivity (Wildman–Crippen MR) is 94.1 cm³/mol. The number of para-hydroxylation sites is 1. The Bertz CT molecular complexity index is 863. The van der Waals surface area contributed by atoms with E-state index < -0.39 is 5.97 Å². The lowest BCUT2D eigenvalue weighted by atomic mass is 10.1. The summed E-state index contributed by atoms with van der Waals surface area (Å²) in [5, 5.41) is 12.2. The third-order valence-electron chi connectivity index (χ3n) is 3.39. The Morgan fingerprint density at radius 2 is 1.67 bits per heavy atom. The van der Waals surface area contributed by atoms with Crippen molar-refractivity contribution in [2.24, 2.45) is 0 Å². The zero-order valence-corrected chi connectivity index (χ0v) is 12.8. The second-order valence-electron chi connectivity index (χ2n) is 5.18. The van der Waals surface area contributed by atoms with Crippen LogP contribution in [-0.2, 0) is 0 Å². The molecule has 0 atom stereocenters. The van der Waals surface area contributed by atoms with Gasteiger partial charge in [-0.2, -0.15) is 0 Å². The number of rotatable bonds is 5. The minimum absolute atomic E-state index is 0.170. The van der Waals surface area contributed by atoms with Gasteiger partial charge in [0, 0.05) is 11.8 Å². The molecule has 0 fully saturated rings. The van der Waals surface area contributed by atoms with E-state index in [4.69, 9.17) is 15.6 Å². The third kappa shape index (κ3) is 3.64. The summed E-state index contributed by atoms with van der Waals surface area (Å²) in [4.78, 5) is 11.1. The Labute approximate surface area is 139 Å². The Morgan fingerprint density at radius 3 is 2.42 bits per heavy atom. The highest BCUT2D eigenvalue weighted by molar-refractivity contribution is 5.91. The lowest BCUT2D eigenvalue weighted by Gasteiger charge is -2.12. The number of carboxylic acids is 1. The lowest BCUT2D eigenvalue weighted by Crippen LogP contribution is -2.01. The lowest BCUT2D eigenvalue weighted by molar-refractivity contribution is 0.0697. The molecule has 3 aromatic rings. The molecule has 3 aromatic carbocycles. The highest BCUT2D eigenvalue weighted by Crippen LogP contribution is 2.28. The first-order valence-corrected chi connectivity index (χ1v) is 7.34. The molecule has 5 heteroatoms. The van der Waals surface area contributed by atoms with E-state index in [9.17, 15) is 4.79 Å². The average Bonchev–Trinajstić information content (AvgIpc) is 2.58. The Kier molecular flexibility index (Phi) is 4.34. The monoisotopic (exact) mass is 320 g/mol. The number of aromatic carboxylic acids is 1. The van der Waals surface area contributed by atoms with Crippen LogP contribution in [-0.4, -0.2) is 11.1 Å². The maximum Gasteiger partial charge on any atom is 0.335 e. The van der Waals surface area contributed by atoms with Crippen LogP contribution in [0.3, 0.4) is 0 Å². The molecular weight excluding hydrogens is 304 g/mol. The number of hydrogen-bond donors (Lipinski definition) is 3. The van der Waals surface area contributed by atoms with Crippen LogP contribution in [0.15, 0.2) is 72.8 Å². The van der Waals surface area contributed by atoms with Gasteiger partial charge in [-0.1, -0.05) is 24.3 Å². The van der Waals surface area contributed by atoms with Crippen molar-refractivity contribution in [1.29, 1.82) is 0 Å². The Morgan fingerprint density at radius 1 is 0.917 bits per heavy atom. The maximum atomic E-state index is 11.1. The fraction of sp³-hybridized carbons (Fsp3) is 0. The molecule has 0 saturated carbocycles. The molecule has 3 rings (SSSR count). The van der Waals surface area contributed by atoms with E-state index in [2.05, 4.69) is 5.32 Å². The Hall–Kier alpha value is -3.47. The molecule has 0 amide bonds. The van der Waals surface area contributed by atoms with Crippen LogP contribution in [0.5, 0.6) is 11.5 Å². The van der Waals surface area contributed by atoms with Crippen molar-refractivity contribution in [3.8, 4) is 11.5 Å². The summed E-state index contributed by atoms with van der Waals surface area (Å²) in [5.74, 6) is 0.403. The van der Waals surface area contributed by atoms with Crippen LogP contribution in [0.4, 0.5) is 17.1 Å². The van der Waals surface area contributed by atoms with Crippen molar-refractivity contribution in [2.75, 3.05) is 11.1 Å². The molecule has 24 heavy (non-hydrogen) atoms. The Balaban J connectivity index is 1.82. The van der Waals surface area contributed by atoms with E-state index in [1.807, 2.05) is 54.6 Å². The zero-order chi connectivity index (χ0) is 16.9. The van der Waals surface area contributed by atoms with Crippen molar-refractivity contribution in [3.63, 3.8) is 0 Å². The number of nitrogen functional groups attached to an aromatic ring is 1.